The maximum atomic E-state index is 14.2. The second-order valence-electron chi connectivity index (χ2n) is 17.3. The van der Waals surface area contributed by atoms with Crippen molar-refractivity contribution in [1.29, 1.82) is 0 Å². The number of fused-ring (bicyclic) bond motifs is 5. The topological polar surface area (TPSA) is 198 Å². The first kappa shape index (κ1) is 43.5. The summed E-state index contributed by atoms with van der Waals surface area (Å²) in [5, 5.41) is 51.2. The van der Waals surface area contributed by atoms with Gasteiger partial charge in [-0.2, -0.15) is 0 Å². The molecule has 5 N–H and O–H groups in total. The van der Waals surface area contributed by atoms with Gasteiger partial charge in [0.2, 0.25) is 0 Å². The second-order valence-corrected chi connectivity index (χ2v) is 17.6. The molecular weight excluding hydrogens is 794 g/mol. The van der Waals surface area contributed by atoms with Crippen LogP contribution in [0.3, 0.4) is 0 Å². The van der Waals surface area contributed by atoms with Crippen LogP contribution in [0.15, 0.2) is 96.1 Å². The van der Waals surface area contributed by atoms with Crippen LogP contribution in [0.25, 0.3) is 0 Å². The molecule has 3 aromatic rings. The number of esters is 3. The van der Waals surface area contributed by atoms with Gasteiger partial charge < -0.3 is 44.7 Å². The number of nitrogens with one attached hydrogen (secondary N) is 1. The number of benzene rings is 3. The highest BCUT2D eigenvalue weighted by molar-refractivity contribution is 6.17. The van der Waals surface area contributed by atoms with Crippen molar-refractivity contribution in [2.75, 3.05) is 6.61 Å². The maximum Gasteiger partial charge on any atom is 0.338 e. The van der Waals surface area contributed by atoms with Crippen LogP contribution in [-0.4, -0.2) is 99.2 Å². The Kier molecular flexibility index (Phi) is 12.1. The maximum absolute atomic E-state index is 14.2. The first-order valence-electron chi connectivity index (χ1n) is 20.2. The van der Waals surface area contributed by atoms with Gasteiger partial charge in [-0.15, -0.1) is 11.6 Å². The summed E-state index contributed by atoms with van der Waals surface area (Å²) in [7, 11) is 0. The van der Waals surface area contributed by atoms with Crippen LogP contribution < -0.4 is 5.32 Å². The first-order valence-corrected chi connectivity index (χ1v) is 20.7. The number of hydrogen-bond acceptors (Lipinski definition) is 12. The monoisotopic (exact) mass is 845 g/mol. The predicted octanol–water partition coefficient (Wildman–Crippen LogP) is 4.58. The molecule has 1 aliphatic heterocycles. The molecule has 1 heterocycles. The number of alkyl halides is 1. The molecule has 12 atom stereocenters. The van der Waals surface area contributed by atoms with Crippen molar-refractivity contribution in [2.24, 2.45) is 22.7 Å². The number of carbonyl (C=O) groups excluding carboxylic acids is 4. The van der Waals surface area contributed by atoms with Crippen molar-refractivity contribution in [2.45, 2.75) is 108 Å². The zero-order chi connectivity index (χ0) is 43.3. The molecule has 1 amide bonds. The largest absolute Gasteiger partial charge is 0.458 e. The minimum atomic E-state index is -1.92. The van der Waals surface area contributed by atoms with E-state index in [9.17, 15) is 39.6 Å². The van der Waals surface area contributed by atoms with E-state index in [1.807, 2.05) is 13.8 Å². The Morgan fingerprint density at radius 3 is 2.10 bits per heavy atom. The Labute approximate surface area is 353 Å². The van der Waals surface area contributed by atoms with Crippen molar-refractivity contribution in [3.05, 3.63) is 118 Å². The molecule has 320 valence electrons. The lowest BCUT2D eigenvalue weighted by atomic mass is 9.45. The summed E-state index contributed by atoms with van der Waals surface area (Å²) in [5.74, 6) is -4.73. The second kappa shape index (κ2) is 16.7. The van der Waals surface area contributed by atoms with Crippen molar-refractivity contribution in [3.63, 3.8) is 0 Å². The molecule has 2 bridgehead atoms. The Bertz CT molecular complexity index is 2130. The number of carbonyl (C=O) groups is 4. The number of ether oxygens (including phenoxy) is 4. The number of aliphatic hydroxyl groups excluding tert-OH is 4. The molecule has 13 nitrogen and oxygen atoms in total. The third-order valence-electron chi connectivity index (χ3n) is 13.6. The molecule has 3 aliphatic carbocycles. The molecule has 3 fully saturated rings. The van der Waals surface area contributed by atoms with Crippen LogP contribution in [0.5, 0.6) is 0 Å². The molecule has 0 aromatic heterocycles. The van der Waals surface area contributed by atoms with Crippen LogP contribution >= 0.6 is 11.6 Å². The highest BCUT2D eigenvalue weighted by Gasteiger charge is 2.75. The van der Waals surface area contributed by atoms with Crippen LogP contribution in [0.2, 0.25) is 0 Å². The van der Waals surface area contributed by atoms with E-state index in [2.05, 4.69) is 5.32 Å². The van der Waals surface area contributed by atoms with Gasteiger partial charge in [-0.05, 0) is 65.3 Å². The fraction of sp³-hybridized carbons (Fsp3) is 0.478. The van der Waals surface area contributed by atoms with E-state index in [1.165, 1.54) is 6.92 Å². The molecular formula is C46H52ClNO12. The summed E-state index contributed by atoms with van der Waals surface area (Å²) >= 11 is 5.94. The first-order chi connectivity index (χ1) is 28.4. The van der Waals surface area contributed by atoms with E-state index in [1.54, 1.807) is 98.8 Å². The fourth-order valence-electron chi connectivity index (χ4n) is 10.4. The molecule has 3 aromatic carbocycles. The molecule has 7 rings (SSSR count). The van der Waals surface area contributed by atoms with Gasteiger partial charge in [0.25, 0.3) is 5.91 Å². The third kappa shape index (κ3) is 7.43. The number of amides is 1. The molecule has 1 saturated heterocycles. The molecule has 14 heteroatoms. The Balaban J connectivity index is 1.30. The van der Waals surface area contributed by atoms with Gasteiger partial charge in [-0.3, -0.25) is 9.59 Å². The lowest BCUT2D eigenvalue weighted by molar-refractivity contribution is -0.354. The van der Waals surface area contributed by atoms with Crippen LogP contribution in [0.1, 0.15) is 85.3 Å². The number of aliphatic hydroxyl groups is 4. The van der Waals surface area contributed by atoms with Gasteiger partial charge in [0.05, 0.1) is 36.3 Å². The lowest BCUT2D eigenvalue weighted by Crippen LogP contribution is -2.80. The average molecular weight is 846 g/mol. The minimum Gasteiger partial charge on any atom is -0.458 e. The van der Waals surface area contributed by atoms with E-state index in [0.717, 1.165) is 5.56 Å². The zero-order valence-corrected chi connectivity index (χ0v) is 34.9. The van der Waals surface area contributed by atoms with E-state index in [-0.39, 0.29) is 36.5 Å². The molecule has 60 heavy (non-hydrogen) atoms. The van der Waals surface area contributed by atoms with E-state index < -0.39 is 101 Å². The van der Waals surface area contributed by atoms with Crippen LogP contribution in [0, 0.1) is 22.7 Å². The van der Waals surface area contributed by atoms with Crippen molar-refractivity contribution >= 4 is 35.4 Å². The Morgan fingerprint density at radius 1 is 0.883 bits per heavy atom. The van der Waals surface area contributed by atoms with Crippen molar-refractivity contribution in [3.8, 4) is 0 Å². The predicted molar refractivity (Wildman–Crippen MR) is 217 cm³/mol. The standard InChI is InChI=1S/C46H52ClNO12/c1-24-31(58-43(56)37(52)35(27-12-8-6-9-13-27)48-41(54)28-18-16-26(22-47)17-19-28)20-30-38(59-42(55)29-14-10-7-11-15-29)39-45(5,40(53)36(51)34(24)44(30,3)4)32(50)21-33-46(39,23-57-33)60-25(2)49/h6-19,30-33,35-40,50-53H,20-23H2,1-5H3,(H,48,54)/t30?,31-,32-,33+,35-,36+,37+,38+,39-,40-,45+,46-/m0/s1. The summed E-state index contributed by atoms with van der Waals surface area (Å²) in [6.07, 6.45) is -9.86. The van der Waals surface area contributed by atoms with E-state index in [4.69, 9.17) is 30.5 Å². The highest BCUT2D eigenvalue weighted by Crippen LogP contribution is 2.64. The van der Waals surface area contributed by atoms with Gasteiger partial charge in [0.15, 0.2) is 11.7 Å². The summed E-state index contributed by atoms with van der Waals surface area (Å²) in [6, 6.07) is 22.1. The summed E-state index contributed by atoms with van der Waals surface area (Å²) in [5.41, 5.74) is -1.79. The number of hydrogen-bond donors (Lipinski definition) is 5. The number of rotatable bonds is 10. The quantitative estimate of drug-likeness (QED) is 0.0826. The Hall–Kier alpha value is -4.63. The van der Waals surface area contributed by atoms with E-state index in [0.29, 0.717) is 16.7 Å². The molecule has 4 aliphatic rings. The molecule has 0 spiro atoms. The van der Waals surface area contributed by atoms with Gasteiger partial charge in [0, 0.05) is 36.1 Å². The highest BCUT2D eigenvalue weighted by atomic mass is 35.5. The molecule has 0 radical (unpaired) electrons. The fourth-order valence-corrected chi connectivity index (χ4v) is 10.6. The van der Waals surface area contributed by atoms with Gasteiger partial charge in [0.1, 0.15) is 24.4 Å². The van der Waals surface area contributed by atoms with E-state index >= 15 is 0 Å². The third-order valence-corrected chi connectivity index (χ3v) is 13.9. The zero-order valence-electron chi connectivity index (χ0n) is 34.1. The average Bonchev–Trinajstić information content (AvgIpc) is 3.23. The van der Waals surface area contributed by atoms with Crippen molar-refractivity contribution in [1.82, 2.24) is 5.32 Å². The van der Waals surface area contributed by atoms with Gasteiger partial charge >= 0.3 is 17.9 Å². The normalized spacial score (nSPS) is 32.6. The molecule has 2 saturated carbocycles. The van der Waals surface area contributed by atoms with Crippen LogP contribution in [0.4, 0.5) is 0 Å². The molecule has 1 unspecified atom stereocenters. The lowest BCUT2D eigenvalue weighted by Gasteiger charge is -2.67. The SMILES string of the molecule is CC(=O)O[C@@]12CO[C@@H]1C[C@H](O)[C@]1(C)[C@@H]2[C@H](OC(=O)c2ccccc2)C2C[C@H](OC(=O)[C@H](O)[C@@H](NC(=O)c3ccc(CCl)cc3)c3ccccc3)C(C)=C([C@@H](O)[C@@H]1O)C2(C)C. The smallest absolute Gasteiger partial charge is 0.338 e. The van der Waals surface area contributed by atoms with Gasteiger partial charge in [-0.25, -0.2) is 9.59 Å². The summed E-state index contributed by atoms with van der Waals surface area (Å²) < 4.78 is 24.7. The van der Waals surface area contributed by atoms with Crippen molar-refractivity contribution < 1.29 is 58.6 Å². The minimum absolute atomic E-state index is 0.0179. The summed E-state index contributed by atoms with van der Waals surface area (Å²) in [4.78, 5) is 54.8. The van der Waals surface area contributed by atoms with Gasteiger partial charge in [-0.1, -0.05) is 81.4 Å². The Morgan fingerprint density at radius 2 is 1.52 bits per heavy atom. The number of halogens is 1. The van der Waals surface area contributed by atoms with Crippen LogP contribution in [-0.2, 0) is 34.4 Å². The summed E-state index contributed by atoms with van der Waals surface area (Å²) in [6.45, 7) is 8.03.